The summed E-state index contributed by atoms with van der Waals surface area (Å²) in [6.45, 7) is 4.07. The molecule has 0 bridgehead atoms. The van der Waals surface area contributed by atoms with Crippen LogP contribution in [0.1, 0.15) is 142 Å². The Labute approximate surface area is 222 Å². The first-order valence-electron chi connectivity index (χ1n) is 15.1. The minimum absolute atomic E-state index is 0.169. The molecule has 1 amide bonds. The van der Waals surface area contributed by atoms with Gasteiger partial charge in [-0.25, -0.2) is 0 Å². The Hall–Kier alpha value is -1.17. The van der Waals surface area contributed by atoms with Gasteiger partial charge in [0, 0.05) is 6.42 Å². The molecule has 0 aromatic rings. The Balaban J connectivity index is 3.85. The van der Waals surface area contributed by atoms with E-state index >= 15 is 0 Å². The molecule has 212 valence electrons. The average Bonchev–Trinajstić information content (AvgIpc) is 2.88. The van der Waals surface area contributed by atoms with E-state index < -0.39 is 18.2 Å². The van der Waals surface area contributed by atoms with Crippen LogP contribution in [0.4, 0.5) is 0 Å². The first kappa shape index (κ1) is 34.8. The highest BCUT2D eigenvalue weighted by molar-refractivity contribution is 5.76. The largest absolute Gasteiger partial charge is 0.394 e. The minimum Gasteiger partial charge on any atom is -0.394 e. The summed E-state index contributed by atoms with van der Waals surface area (Å²) in [5, 5.41) is 33.0. The van der Waals surface area contributed by atoms with E-state index in [1.165, 1.54) is 70.6 Å². The monoisotopic (exact) mass is 509 g/mol. The van der Waals surface area contributed by atoms with E-state index in [2.05, 4.69) is 43.5 Å². The summed E-state index contributed by atoms with van der Waals surface area (Å²) in [5.74, 6) is -0.169. The standard InChI is InChI=1S/C31H59NO4/c1-3-5-7-9-11-13-15-16-18-20-22-24-26-30(35)32-28(27-33)31(36)29(34)25-23-21-19-17-14-12-10-8-6-4-2/h11,13,17,19,28-29,31,33-34,36H,3-10,12,14-16,18,20-27H2,1-2H3,(H,32,35)/b13-11-,19-17+. The number of amides is 1. The van der Waals surface area contributed by atoms with Gasteiger partial charge in [-0.3, -0.25) is 4.79 Å². The molecule has 0 heterocycles. The topological polar surface area (TPSA) is 89.8 Å². The van der Waals surface area contributed by atoms with Crippen LogP contribution in [0, 0.1) is 0 Å². The highest BCUT2D eigenvalue weighted by Gasteiger charge is 2.26. The Morgan fingerprint density at radius 1 is 0.667 bits per heavy atom. The van der Waals surface area contributed by atoms with Crippen molar-refractivity contribution < 1.29 is 20.1 Å². The molecule has 3 atom stereocenters. The molecular weight excluding hydrogens is 450 g/mol. The maximum Gasteiger partial charge on any atom is 0.220 e. The summed E-state index contributed by atoms with van der Waals surface area (Å²) in [5.41, 5.74) is 0. The number of rotatable bonds is 26. The van der Waals surface area contributed by atoms with Crippen molar-refractivity contribution in [2.45, 2.75) is 161 Å². The van der Waals surface area contributed by atoms with Gasteiger partial charge >= 0.3 is 0 Å². The predicted octanol–water partition coefficient (Wildman–Crippen LogP) is 7.14. The van der Waals surface area contributed by atoms with Gasteiger partial charge in [0.05, 0.1) is 18.8 Å². The molecule has 36 heavy (non-hydrogen) atoms. The van der Waals surface area contributed by atoms with Gasteiger partial charge in [0.15, 0.2) is 0 Å². The molecule has 0 spiro atoms. The van der Waals surface area contributed by atoms with Gasteiger partial charge in [0.25, 0.3) is 0 Å². The van der Waals surface area contributed by atoms with Gasteiger partial charge in [-0.1, -0.05) is 95.9 Å². The second kappa shape index (κ2) is 26.9. The van der Waals surface area contributed by atoms with Gasteiger partial charge in [-0.05, 0) is 64.2 Å². The van der Waals surface area contributed by atoms with E-state index in [0.29, 0.717) is 12.8 Å². The fourth-order valence-electron chi connectivity index (χ4n) is 4.33. The lowest BCUT2D eigenvalue weighted by Gasteiger charge is -2.26. The third-order valence-corrected chi connectivity index (χ3v) is 6.78. The van der Waals surface area contributed by atoms with Gasteiger partial charge < -0.3 is 20.6 Å². The molecule has 4 N–H and O–H groups in total. The average molecular weight is 510 g/mol. The lowest BCUT2D eigenvalue weighted by molar-refractivity contribution is -0.124. The summed E-state index contributed by atoms with van der Waals surface area (Å²) in [6, 6.07) is -0.824. The smallest absolute Gasteiger partial charge is 0.220 e. The molecule has 3 unspecified atom stereocenters. The zero-order chi connectivity index (χ0) is 26.7. The quantitative estimate of drug-likeness (QED) is 0.0737. The van der Waals surface area contributed by atoms with Crippen molar-refractivity contribution in [1.29, 1.82) is 0 Å². The summed E-state index contributed by atoms with van der Waals surface area (Å²) < 4.78 is 0. The van der Waals surface area contributed by atoms with Crippen molar-refractivity contribution in [2.75, 3.05) is 6.61 Å². The number of nitrogens with one attached hydrogen (secondary N) is 1. The fraction of sp³-hybridized carbons (Fsp3) is 0.839. The molecule has 0 fully saturated rings. The summed E-state index contributed by atoms with van der Waals surface area (Å²) in [4.78, 5) is 12.2. The van der Waals surface area contributed by atoms with E-state index in [-0.39, 0.29) is 12.5 Å². The van der Waals surface area contributed by atoms with Crippen LogP contribution in [0.25, 0.3) is 0 Å². The van der Waals surface area contributed by atoms with Gasteiger partial charge in [-0.2, -0.15) is 0 Å². The van der Waals surface area contributed by atoms with Crippen LogP contribution in [-0.2, 0) is 4.79 Å². The van der Waals surface area contributed by atoms with Crippen LogP contribution in [0.15, 0.2) is 24.3 Å². The number of allylic oxidation sites excluding steroid dienone is 4. The number of carbonyl (C=O) groups excluding carboxylic acids is 1. The predicted molar refractivity (Wildman–Crippen MR) is 153 cm³/mol. The maximum absolute atomic E-state index is 12.2. The fourth-order valence-corrected chi connectivity index (χ4v) is 4.33. The molecule has 0 saturated carbocycles. The third kappa shape index (κ3) is 22.1. The van der Waals surface area contributed by atoms with Crippen molar-refractivity contribution in [2.24, 2.45) is 0 Å². The van der Waals surface area contributed by atoms with E-state index in [0.717, 1.165) is 44.9 Å². The molecule has 0 radical (unpaired) electrons. The molecule has 0 aliphatic rings. The Morgan fingerprint density at radius 3 is 1.67 bits per heavy atom. The zero-order valence-corrected chi connectivity index (χ0v) is 23.6. The van der Waals surface area contributed by atoms with Crippen molar-refractivity contribution in [3.8, 4) is 0 Å². The first-order valence-corrected chi connectivity index (χ1v) is 15.1. The van der Waals surface area contributed by atoms with Crippen LogP contribution in [0.2, 0.25) is 0 Å². The summed E-state index contributed by atoms with van der Waals surface area (Å²) in [6.07, 6.45) is 28.3. The van der Waals surface area contributed by atoms with Crippen molar-refractivity contribution >= 4 is 5.91 Å². The Kier molecular flexibility index (Phi) is 26.0. The zero-order valence-electron chi connectivity index (χ0n) is 23.6. The minimum atomic E-state index is -1.16. The molecule has 0 aromatic carbocycles. The van der Waals surface area contributed by atoms with Crippen LogP contribution in [0.5, 0.6) is 0 Å². The molecule has 0 rings (SSSR count). The number of aliphatic hydroxyl groups excluding tert-OH is 3. The summed E-state index contributed by atoms with van der Waals surface area (Å²) in [7, 11) is 0. The second-order valence-electron chi connectivity index (χ2n) is 10.3. The van der Waals surface area contributed by atoms with E-state index in [1.807, 2.05) is 0 Å². The van der Waals surface area contributed by atoms with Crippen LogP contribution in [0.3, 0.4) is 0 Å². The molecule has 5 heteroatoms. The molecule has 5 nitrogen and oxygen atoms in total. The van der Waals surface area contributed by atoms with E-state index in [1.54, 1.807) is 0 Å². The van der Waals surface area contributed by atoms with Gasteiger partial charge in [-0.15, -0.1) is 0 Å². The van der Waals surface area contributed by atoms with Crippen molar-refractivity contribution in [3.05, 3.63) is 24.3 Å². The lowest BCUT2D eigenvalue weighted by Crippen LogP contribution is -2.50. The number of aliphatic hydroxyl groups is 3. The highest BCUT2D eigenvalue weighted by atomic mass is 16.3. The van der Waals surface area contributed by atoms with E-state index in [4.69, 9.17) is 0 Å². The lowest BCUT2D eigenvalue weighted by atomic mass is 10.0. The molecule has 0 aliphatic heterocycles. The number of carbonyl (C=O) groups is 1. The Bertz CT molecular complexity index is 535. The van der Waals surface area contributed by atoms with Gasteiger partial charge in [0.2, 0.25) is 5.91 Å². The third-order valence-electron chi connectivity index (χ3n) is 6.78. The SMILES string of the molecule is CCCCC/C=C\CCCCCCCC(=O)NC(CO)C(O)C(O)CCC/C=C/CCCCCCC. The number of hydrogen-bond acceptors (Lipinski definition) is 4. The second-order valence-corrected chi connectivity index (χ2v) is 10.3. The van der Waals surface area contributed by atoms with E-state index in [9.17, 15) is 20.1 Å². The van der Waals surface area contributed by atoms with Crippen LogP contribution < -0.4 is 5.32 Å². The maximum atomic E-state index is 12.2. The Morgan fingerprint density at radius 2 is 1.11 bits per heavy atom. The molecule has 0 saturated heterocycles. The number of hydrogen-bond donors (Lipinski definition) is 4. The van der Waals surface area contributed by atoms with Crippen LogP contribution in [-0.4, -0.2) is 46.1 Å². The first-order chi connectivity index (χ1) is 17.6. The summed E-state index contributed by atoms with van der Waals surface area (Å²) >= 11 is 0. The normalized spacial score (nSPS) is 14.5. The molecular formula is C31H59NO4. The van der Waals surface area contributed by atoms with Crippen molar-refractivity contribution in [3.63, 3.8) is 0 Å². The van der Waals surface area contributed by atoms with Gasteiger partial charge in [0.1, 0.15) is 6.10 Å². The van der Waals surface area contributed by atoms with Crippen molar-refractivity contribution in [1.82, 2.24) is 5.32 Å². The number of unbranched alkanes of at least 4 members (excludes halogenated alkanes) is 14. The highest BCUT2D eigenvalue weighted by Crippen LogP contribution is 2.12. The molecule has 0 aliphatic carbocycles. The molecule has 0 aromatic heterocycles. The van der Waals surface area contributed by atoms with Crippen LogP contribution >= 0.6 is 0 Å².